The molecule has 340 valence electrons. The molecule has 0 unspecified atom stereocenters. The number of Topliss-reactive ketones (excluding diaryl/α,β-unsaturated/α-hetero) is 1. The number of pyridine rings is 1. The Kier molecular flexibility index (Phi) is 15.1. The molecule has 17 heteroatoms. The van der Waals surface area contributed by atoms with Crippen molar-refractivity contribution >= 4 is 23.6 Å². The van der Waals surface area contributed by atoms with E-state index < -0.39 is 83.1 Å². The summed E-state index contributed by atoms with van der Waals surface area (Å²) in [6.45, 7) is 17.9. The van der Waals surface area contributed by atoms with Gasteiger partial charge in [-0.05, 0) is 98.4 Å². The Labute approximate surface area is 359 Å². The molecular weight excluding hydrogens is 790 g/mol. The molecule has 3 saturated heterocycles. The molecule has 0 bridgehead atoms. The van der Waals surface area contributed by atoms with Crippen LogP contribution in [0, 0.1) is 23.7 Å². The van der Waals surface area contributed by atoms with Gasteiger partial charge in [-0.3, -0.25) is 9.78 Å². The number of hydrogen-bond acceptors (Lipinski definition) is 14. The Hall–Kier alpha value is -4.03. The maximum absolute atomic E-state index is 16.9. The zero-order chi connectivity index (χ0) is 45.2. The molecule has 5 rings (SSSR count). The summed E-state index contributed by atoms with van der Waals surface area (Å²) in [6, 6.07) is 2.64. The van der Waals surface area contributed by atoms with Crippen molar-refractivity contribution < 1.29 is 47.7 Å². The van der Waals surface area contributed by atoms with E-state index in [-0.39, 0.29) is 24.5 Å². The number of hydrazine groups is 1. The highest BCUT2D eigenvalue weighted by molar-refractivity contribution is 6.07. The molecule has 0 spiro atoms. The Morgan fingerprint density at radius 3 is 2.44 bits per heavy atom. The van der Waals surface area contributed by atoms with Crippen molar-refractivity contribution in [2.75, 3.05) is 27.7 Å². The van der Waals surface area contributed by atoms with Gasteiger partial charge in [0.05, 0.1) is 29.9 Å². The summed E-state index contributed by atoms with van der Waals surface area (Å²) in [5, 5.41) is 17.4. The number of imidazole rings is 1. The number of aromatic nitrogens is 3. The summed E-state index contributed by atoms with van der Waals surface area (Å²) in [6.07, 6.45) is 3.38. The van der Waals surface area contributed by atoms with Gasteiger partial charge in [0.1, 0.15) is 25.4 Å². The van der Waals surface area contributed by atoms with E-state index in [1.807, 2.05) is 69.6 Å². The van der Waals surface area contributed by atoms with E-state index in [1.54, 1.807) is 32.6 Å². The average molecular weight is 858 g/mol. The van der Waals surface area contributed by atoms with Gasteiger partial charge < -0.3 is 38.4 Å². The number of nitrogens with one attached hydrogen (secondary N) is 1. The molecule has 0 saturated carbocycles. The normalized spacial score (nSPS) is 36.4. The van der Waals surface area contributed by atoms with Crippen LogP contribution in [0.5, 0.6) is 0 Å². The Morgan fingerprint density at radius 2 is 1.82 bits per heavy atom. The molecule has 2 aromatic rings. The third-order valence-electron chi connectivity index (χ3n) is 13.1. The van der Waals surface area contributed by atoms with Gasteiger partial charge in [0.15, 0.2) is 17.7 Å². The van der Waals surface area contributed by atoms with Crippen LogP contribution in [0.3, 0.4) is 0 Å². The Bertz CT molecular complexity index is 1860. The number of aliphatic hydroxyl groups is 1. The van der Waals surface area contributed by atoms with Crippen LogP contribution in [0.4, 0.5) is 9.18 Å². The van der Waals surface area contributed by atoms with Crippen molar-refractivity contribution in [3.05, 3.63) is 37.1 Å². The first-order valence-corrected chi connectivity index (χ1v) is 21.5. The molecule has 0 aromatic carbocycles. The fourth-order valence-electron chi connectivity index (χ4n) is 9.51. The van der Waals surface area contributed by atoms with Crippen LogP contribution in [0.1, 0.15) is 94.9 Å². The van der Waals surface area contributed by atoms with Crippen LogP contribution < -0.4 is 5.43 Å². The second-order valence-corrected chi connectivity index (χ2v) is 18.5. The topological polar surface area (TPSA) is 179 Å². The molecule has 61 heavy (non-hydrogen) atoms. The number of alkyl halides is 1. The quantitative estimate of drug-likeness (QED) is 0.164. The van der Waals surface area contributed by atoms with Crippen molar-refractivity contribution in [3.63, 3.8) is 0 Å². The Morgan fingerprint density at radius 1 is 1.11 bits per heavy atom. The molecule has 2 aromatic heterocycles. The first kappa shape index (κ1) is 48.0. The summed E-state index contributed by atoms with van der Waals surface area (Å²) in [5.74, 6) is -5.03. The molecule has 16 nitrogen and oxygen atoms in total. The van der Waals surface area contributed by atoms with E-state index in [9.17, 15) is 19.5 Å². The standard InChI is InChI=1S/C44H68FN7O9/c1-14-33-44(10)37(52(41(56)61-44)48-19-17-42(7,8)51-23-31(47-24-51)30-16-15-18-46-22-30)28(5)34(49-57-13)25(2)20-26(3)36(29(6)38(54)43(9,45)40(55)59-33)60-39-35(53)32(50(11)12)21-27(4)58-39/h15-16,18,22-29,32-33,35-37,39,48,53H,14,17,19-21H2,1-13H3/b49-34+/t25-,26+,27-,28+,29-,32+,33-,35-,36+,37-,39+,43+,44-/m1/s1. The monoisotopic (exact) mass is 858 g/mol. The predicted molar refractivity (Wildman–Crippen MR) is 226 cm³/mol. The number of cyclic esters (lactones) is 1. The predicted octanol–water partition coefficient (Wildman–Crippen LogP) is 5.54. The number of amides is 1. The van der Waals surface area contributed by atoms with Gasteiger partial charge >= 0.3 is 12.1 Å². The maximum Gasteiger partial charge on any atom is 0.425 e. The first-order chi connectivity index (χ1) is 28.6. The lowest BCUT2D eigenvalue weighted by molar-refractivity contribution is -0.278. The van der Waals surface area contributed by atoms with Gasteiger partial charge in [-0.2, -0.15) is 0 Å². The number of carbonyl (C=O) groups is 3. The van der Waals surface area contributed by atoms with Crippen LogP contribution in [0.2, 0.25) is 0 Å². The van der Waals surface area contributed by atoms with Crippen LogP contribution in [0.25, 0.3) is 11.3 Å². The molecule has 2 N–H and O–H groups in total. The average Bonchev–Trinajstić information content (AvgIpc) is 3.81. The Balaban J connectivity index is 1.49. The van der Waals surface area contributed by atoms with Crippen LogP contribution >= 0.6 is 0 Å². The number of nitrogens with zero attached hydrogens (tertiary/aromatic N) is 6. The second-order valence-electron chi connectivity index (χ2n) is 18.5. The molecule has 0 radical (unpaired) electrons. The lowest BCUT2D eigenvalue weighted by Gasteiger charge is -2.44. The van der Waals surface area contributed by atoms with Crippen LogP contribution in [0.15, 0.2) is 42.2 Å². The number of esters is 1. The fraction of sp³-hybridized carbons (Fsp3) is 0.727. The number of carbonyl (C=O) groups excluding carboxylic acids is 3. The van der Waals surface area contributed by atoms with E-state index in [0.717, 1.165) is 18.2 Å². The number of aliphatic hydroxyl groups excluding tert-OH is 1. The smallest absolute Gasteiger partial charge is 0.425 e. The number of hydrogen-bond donors (Lipinski definition) is 2. The number of fused-ring (bicyclic) bond motifs is 1. The molecule has 3 fully saturated rings. The zero-order valence-corrected chi connectivity index (χ0v) is 38.1. The summed E-state index contributed by atoms with van der Waals surface area (Å²) < 4.78 is 43.6. The number of ketones is 1. The number of likely N-dealkylation sites (N-methyl/N-ethyl adjacent to an activating group) is 1. The summed E-state index contributed by atoms with van der Waals surface area (Å²) in [4.78, 5) is 58.4. The highest BCUT2D eigenvalue weighted by Crippen LogP contribution is 2.42. The zero-order valence-electron chi connectivity index (χ0n) is 38.1. The van der Waals surface area contributed by atoms with Gasteiger partial charge in [0, 0.05) is 54.1 Å². The van der Waals surface area contributed by atoms with Gasteiger partial charge in [-0.25, -0.2) is 29.4 Å². The van der Waals surface area contributed by atoms with Gasteiger partial charge in [0.2, 0.25) is 0 Å². The highest BCUT2D eigenvalue weighted by atomic mass is 19.1. The van der Waals surface area contributed by atoms with E-state index in [4.69, 9.17) is 23.8 Å². The molecule has 3 aliphatic rings. The van der Waals surface area contributed by atoms with Crippen molar-refractivity contribution in [1.82, 2.24) is 29.9 Å². The van der Waals surface area contributed by atoms with Crippen molar-refractivity contribution in [2.24, 2.45) is 28.8 Å². The van der Waals surface area contributed by atoms with Crippen molar-refractivity contribution in [3.8, 4) is 11.3 Å². The molecule has 0 aliphatic carbocycles. The van der Waals surface area contributed by atoms with Crippen molar-refractivity contribution in [1.29, 1.82) is 0 Å². The minimum absolute atomic E-state index is 0.122. The van der Waals surface area contributed by atoms with Gasteiger partial charge in [0.25, 0.3) is 5.67 Å². The lowest BCUT2D eigenvalue weighted by atomic mass is 9.74. The number of rotatable bonds is 11. The summed E-state index contributed by atoms with van der Waals surface area (Å²) >= 11 is 0. The van der Waals surface area contributed by atoms with Crippen LogP contribution in [-0.2, 0) is 38.9 Å². The molecular formula is C44H68FN7O9. The SMILES string of the molecule is CC[C@H]1OC(=O)[C@@](C)(F)C(=O)[C@H](C)[C@@H](O[C@@H]2O[C@H](C)C[C@H](N(C)C)[C@H]2O)[C@@H](C)C[C@@H](C)/C(=N\OC)[C@H](C)[C@H]2N(NCCC(C)(C)n3cnc(-c4cccnc4)c3)C(=O)O[C@]12C. The summed E-state index contributed by atoms with van der Waals surface area (Å²) in [7, 11) is 5.16. The third-order valence-corrected chi connectivity index (χ3v) is 13.1. The van der Waals surface area contributed by atoms with Crippen LogP contribution in [-0.4, -0.2) is 135 Å². The minimum atomic E-state index is -3.11. The molecule has 1 amide bonds. The number of ether oxygens (including phenoxy) is 4. The molecule has 5 heterocycles. The van der Waals surface area contributed by atoms with E-state index >= 15 is 4.39 Å². The van der Waals surface area contributed by atoms with E-state index in [1.165, 1.54) is 19.0 Å². The summed E-state index contributed by atoms with van der Waals surface area (Å²) in [5.41, 5.74) is 0.472. The van der Waals surface area contributed by atoms with Gasteiger partial charge in [-0.1, -0.05) is 39.8 Å². The van der Waals surface area contributed by atoms with E-state index in [2.05, 4.69) is 34.4 Å². The first-order valence-electron chi connectivity index (χ1n) is 21.5. The minimum Gasteiger partial charge on any atom is -0.455 e. The largest absolute Gasteiger partial charge is 0.455 e. The maximum atomic E-state index is 16.9. The third kappa shape index (κ3) is 9.96. The van der Waals surface area contributed by atoms with Crippen molar-refractivity contribution in [2.45, 2.75) is 155 Å². The van der Waals surface area contributed by atoms with Gasteiger partial charge in [-0.15, -0.1) is 0 Å². The fourth-order valence-corrected chi connectivity index (χ4v) is 9.51. The lowest BCUT2D eigenvalue weighted by Crippen LogP contribution is -2.61. The van der Waals surface area contributed by atoms with E-state index in [0.29, 0.717) is 31.5 Å². The highest BCUT2D eigenvalue weighted by Gasteiger charge is 2.61. The molecule has 3 aliphatic heterocycles. The second kappa shape index (κ2) is 19.2. The number of oxime groups is 1. The number of halogens is 1. The molecule has 13 atom stereocenters.